The maximum Gasteiger partial charge on any atom is 0.573 e. The molecule has 2 amide bonds. The van der Waals surface area contributed by atoms with Crippen molar-refractivity contribution in [2.24, 2.45) is 5.73 Å². The summed E-state index contributed by atoms with van der Waals surface area (Å²) in [4.78, 5) is 23.8. The Hall–Kier alpha value is -2.25. The maximum absolute atomic E-state index is 12.1. The van der Waals surface area contributed by atoms with Crippen LogP contribution in [0.3, 0.4) is 0 Å². The number of carbonyl (C=O) groups excluding carboxylic acids is 2. The van der Waals surface area contributed by atoms with Gasteiger partial charge in [0.05, 0.1) is 0 Å². The zero-order valence-electron chi connectivity index (χ0n) is 10.2. The van der Waals surface area contributed by atoms with Crippen LogP contribution in [0.2, 0.25) is 0 Å². The molecule has 1 aromatic rings. The van der Waals surface area contributed by atoms with Gasteiger partial charge < -0.3 is 15.4 Å². The van der Waals surface area contributed by atoms with Gasteiger partial charge in [0.1, 0.15) is 12.3 Å². The number of carbonyl (C=O) groups is 2. The average molecular weight is 288 g/mol. The fourth-order valence-electron chi connectivity index (χ4n) is 2.06. The molecule has 0 radical (unpaired) electrons. The van der Waals surface area contributed by atoms with Crippen molar-refractivity contribution in [3.05, 3.63) is 23.8 Å². The number of rotatable bonds is 3. The van der Waals surface area contributed by atoms with E-state index in [0.29, 0.717) is 17.7 Å². The summed E-state index contributed by atoms with van der Waals surface area (Å²) in [5, 5.41) is 0. The minimum atomic E-state index is -4.77. The number of anilines is 1. The number of hydrogen-bond donors (Lipinski definition) is 1. The molecule has 2 N–H and O–H groups in total. The van der Waals surface area contributed by atoms with E-state index >= 15 is 0 Å². The van der Waals surface area contributed by atoms with Crippen LogP contribution in [0.1, 0.15) is 12.0 Å². The molecule has 20 heavy (non-hydrogen) atoms. The van der Waals surface area contributed by atoms with Gasteiger partial charge in [0.15, 0.2) is 0 Å². The predicted molar refractivity (Wildman–Crippen MR) is 63.0 cm³/mol. The molecule has 0 bridgehead atoms. The Morgan fingerprint density at radius 3 is 2.65 bits per heavy atom. The van der Waals surface area contributed by atoms with E-state index in [0.717, 1.165) is 6.07 Å². The quantitative estimate of drug-likeness (QED) is 0.912. The number of ether oxygens (including phenoxy) is 1. The number of benzene rings is 1. The SMILES string of the molecule is NC(=O)CN1C(=O)CCc2cc(OC(F)(F)F)ccc21. The van der Waals surface area contributed by atoms with E-state index in [-0.39, 0.29) is 24.6 Å². The van der Waals surface area contributed by atoms with E-state index in [1.54, 1.807) is 0 Å². The number of nitrogens with zero attached hydrogens (tertiary/aromatic N) is 1. The molecule has 108 valence electrons. The highest BCUT2D eigenvalue weighted by molar-refractivity contribution is 6.00. The molecule has 1 heterocycles. The Morgan fingerprint density at radius 2 is 2.05 bits per heavy atom. The van der Waals surface area contributed by atoms with Crippen molar-refractivity contribution in [1.29, 1.82) is 0 Å². The van der Waals surface area contributed by atoms with Crippen molar-refractivity contribution in [3.63, 3.8) is 0 Å². The molecule has 0 saturated carbocycles. The minimum absolute atomic E-state index is 0.107. The number of primary amides is 1. The van der Waals surface area contributed by atoms with Crippen molar-refractivity contribution in [2.75, 3.05) is 11.4 Å². The van der Waals surface area contributed by atoms with E-state index in [2.05, 4.69) is 4.74 Å². The second-order valence-corrected chi connectivity index (χ2v) is 4.28. The van der Waals surface area contributed by atoms with Crippen LogP contribution < -0.4 is 15.4 Å². The number of nitrogens with two attached hydrogens (primary N) is 1. The van der Waals surface area contributed by atoms with Crippen molar-refractivity contribution in [1.82, 2.24) is 0 Å². The molecule has 1 aromatic carbocycles. The summed E-state index contributed by atoms with van der Waals surface area (Å²) in [5.41, 5.74) is 5.94. The summed E-state index contributed by atoms with van der Waals surface area (Å²) in [7, 11) is 0. The molecular weight excluding hydrogens is 277 g/mol. The van der Waals surface area contributed by atoms with Gasteiger partial charge >= 0.3 is 6.36 Å². The summed E-state index contributed by atoms with van der Waals surface area (Å²) < 4.78 is 40.2. The Balaban J connectivity index is 2.30. The van der Waals surface area contributed by atoms with Gasteiger partial charge in [-0.1, -0.05) is 0 Å². The summed E-state index contributed by atoms with van der Waals surface area (Å²) in [5.74, 6) is -1.34. The van der Waals surface area contributed by atoms with Crippen molar-refractivity contribution in [3.8, 4) is 5.75 Å². The first kappa shape index (κ1) is 14.2. The Labute approximate surface area is 112 Å². The highest BCUT2D eigenvalue weighted by atomic mass is 19.4. The lowest BCUT2D eigenvalue weighted by Gasteiger charge is -2.28. The first-order chi connectivity index (χ1) is 9.26. The molecule has 0 atom stereocenters. The van der Waals surface area contributed by atoms with Crippen molar-refractivity contribution in [2.45, 2.75) is 19.2 Å². The molecule has 2 rings (SSSR count). The van der Waals surface area contributed by atoms with E-state index in [1.807, 2.05) is 0 Å². The third kappa shape index (κ3) is 3.19. The Morgan fingerprint density at radius 1 is 1.35 bits per heavy atom. The molecule has 0 fully saturated rings. The Kier molecular flexibility index (Phi) is 3.56. The Bertz CT molecular complexity index is 557. The van der Waals surface area contributed by atoms with Crippen molar-refractivity contribution < 1.29 is 27.5 Å². The fraction of sp³-hybridized carbons (Fsp3) is 0.333. The first-order valence-electron chi connectivity index (χ1n) is 5.73. The number of hydrogen-bond acceptors (Lipinski definition) is 3. The van der Waals surface area contributed by atoms with E-state index in [1.165, 1.54) is 17.0 Å². The van der Waals surface area contributed by atoms with Gasteiger partial charge in [-0.3, -0.25) is 9.59 Å². The molecule has 5 nitrogen and oxygen atoms in total. The standard InChI is InChI=1S/C12H11F3N2O3/c13-12(14,15)20-8-2-3-9-7(5-8)1-4-11(19)17(9)6-10(16)18/h2-3,5H,1,4,6H2,(H2,16,18). The van der Waals surface area contributed by atoms with E-state index < -0.39 is 12.3 Å². The molecule has 0 aliphatic carbocycles. The van der Waals surface area contributed by atoms with Gasteiger partial charge in [-0.15, -0.1) is 13.2 Å². The topological polar surface area (TPSA) is 72.6 Å². The second kappa shape index (κ2) is 5.03. The van der Waals surface area contributed by atoms with Crippen LogP contribution in [-0.4, -0.2) is 24.7 Å². The molecule has 0 aromatic heterocycles. The predicted octanol–water partition coefficient (Wildman–Crippen LogP) is 1.35. The fourth-order valence-corrected chi connectivity index (χ4v) is 2.06. The number of amides is 2. The van der Waals surface area contributed by atoms with Gasteiger partial charge in [0.2, 0.25) is 11.8 Å². The zero-order chi connectivity index (χ0) is 14.9. The van der Waals surface area contributed by atoms with Crippen LogP contribution in [-0.2, 0) is 16.0 Å². The zero-order valence-corrected chi connectivity index (χ0v) is 10.2. The third-order valence-corrected chi connectivity index (χ3v) is 2.80. The van der Waals surface area contributed by atoms with Crippen molar-refractivity contribution >= 4 is 17.5 Å². The molecule has 1 aliphatic heterocycles. The van der Waals surface area contributed by atoms with Gasteiger partial charge in [0.25, 0.3) is 0 Å². The summed E-state index contributed by atoms with van der Waals surface area (Å²) in [6.45, 7) is -0.300. The summed E-state index contributed by atoms with van der Waals surface area (Å²) >= 11 is 0. The van der Waals surface area contributed by atoms with Gasteiger partial charge in [-0.05, 0) is 30.2 Å². The van der Waals surface area contributed by atoms with Gasteiger partial charge in [0, 0.05) is 12.1 Å². The molecule has 1 aliphatic rings. The third-order valence-electron chi connectivity index (χ3n) is 2.80. The molecule has 0 saturated heterocycles. The summed E-state index contributed by atoms with van der Waals surface area (Å²) in [6, 6.07) is 3.62. The lowest BCUT2D eigenvalue weighted by Crippen LogP contribution is -2.41. The molecule has 0 unspecified atom stereocenters. The van der Waals surface area contributed by atoms with Crippen LogP contribution in [0.4, 0.5) is 18.9 Å². The second-order valence-electron chi connectivity index (χ2n) is 4.28. The lowest BCUT2D eigenvalue weighted by molar-refractivity contribution is -0.274. The number of aryl methyl sites for hydroxylation is 1. The molecule has 8 heteroatoms. The number of alkyl halides is 3. The average Bonchev–Trinajstić information content (AvgIpc) is 2.30. The maximum atomic E-state index is 12.1. The summed E-state index contributed by atoms with van der Waals surface area (Å²) in [6.07, 6.45) is -4.38. The first-order valence-corrected chi connectivity index (χ1v) is 5.73. The normalized spacial score (nSPS) is 14.9. The van der Waals surface area contributed by atoms with Gasteiger partial charge in [-0.2, -0.15) is 0 Å². The van der Waals surface area contributed by atoms with E-state index in [9.17, 15) is 22.8 Å². The van der Waals surface area contributed by atoms with Gasteiger partial charge in [-0.25, -0.2) is 0 Å². The minimum Gasteiger partial charge on any atom is -0.406 e. The number of halogens is 3. The largest absolute Gasteiger partial charge is 0.573 e. The lowest BCUT2D eigenvalue weighted by atomic mass is 10.0. The van der Waals surface area contributed by atoms with E-state index in [4.69, 9.17) is 5.73 Å². The van der Waals surface area contributed by atoms with Crippen LogP contribution in [0.5, 0.6) is 5.75 Å². The van der Waals surface area contributed by atoms with Crippen LogP contribution in [0.25, 0.3) is 0 Å². The monoisotopic (exact) mass is 288 g/mol. The highest BCUT2D eigenvalue weighted by Gasteiger charge is 2.32. The molecular formula is C12H11F3N2O3. The highest BCUT2D eigenvalue weighted by Crippen LogP contribution is 2.32. The number of fused-ring (bicyclic) bond motifs is 1. The van der Waals surface area contributed by atoms with Crippen LogP contribution in [0.15, 0.2) is 18.2 Å². The molecule has 0 spiro atoms. The smallest absolute Gasteiger partial charge is 0.406 e. The van der Waals surface area contributed by atoms with Crippen LogP contribution >= 0.6 is 0 Å². The van der Waals surface area contributed by atoms with Crippen LogP contribution in [0, 0.1) is 0 Å².